The zero-order valence-electron chi connectivity index (χ0n) is 15.5. The number of rotatable bonds is 4. The van der Waals surface area contributed by atoms with Gasteiger partial charge in [-0.1, -0.05) is 23.7 Å². The first-order chi connectivity index (χ1) is 14.5. The number of halogens is 2. The van der Waals surface area contributed by atoms with Crippen LogP contribution in [0.25, 0.3) is 0 Å². The molecular formula is C22H14ClFN4O2. The number of phenols is 1. The van der Waals surface area contributed by atoms with Gasteiger partial charge in [0.15, 0.2) is 5.78 Å². The second-order valence-corrected chi connectivity index (χ2v) is 7.03. The number of phenolic OH excluding ortho intramolecular Hbond substituents is 1. The van der Waals surface area contributed by atoms with Crippen molar-refractivity contribution in [2.24, 2.45) is 4.99 Å². The Hall–Kier alpha value is -3.76. The van der Waals surface area contributed by atoms with Crippen molar-refractivity contribution in [1.82, 2.24) is 4.98 Å². The molecule has 1 N–H and O–H groups in total. The summed E-state index contributed by atoms with van der Waals surface area (Å²) >= 11 is 6.37. The maximum absolute atomic E-state index is 13.6. The van der Waals surface area contributed by atoms with E-state index in [9.17, 15) is 19.6 Å². The molecule has 0 saturated carbocycles. The predicted molar refractivity (Wildman–Crippen MR) is 111 cm³/mol. The Morgan fingerprint density at radius 1 is 1.23 bits per heavy atom. The van der Waals surface area contributed by atoms with Crippen molar-refractivity contribution in [2.45, 2.75) is 13.0 Å². The number of carbonyl (C=O) groups excluding carboxylic acids is 1. The van der Waals surface area contributed by atoms with E-state index < -0.39 is 11.7 Å². The molecule has 2 aromatic carbocycles. The number of fused-ring (bicyclic) bond motifs is 1. The third-order valence-electron chi connectivity index (χ3n) is 4.66. The van der Waals surface area contributed by atoms with E-state index >= 15 is 0 Å². The number of hydrogen-bond acceptors (Lipinski definition) is 6. The van der Waals surface area contributed by atoms with Crippen molar-refractivity contribution in [3.8, 4) is 11.8 Å². The van der Waals surface area contributed by atoms with Crippen LogP contribution in [0.4, 0.5) is 15.8 Å². The van der Waals surface area contributed by atoms with Gasteiger partial charge < -0.3 is 10.0 Å². The van der Waals surface area contributed by atoms with Gasteiger partial charge in [0.2, 0.25) is 5.95 Å². The summed E-state index contributed by atoms with van der Waals surface area (Å²) in [5, 5.41) is 19.5. The molecule has 30 heavy (non-hydrogen) atoms. The lowest BCUT2D eigenvalue weighted by atomic mass is 10.0. The summed E-state index contributed by atoms with van der Waals surface area (Å²) in [5.41, 5.74) is 1.75. The largest absolute Gasteiger partial charge is 0.508 e. The number of benzene rings is 2. The van der Waals surface area contributed by atoms with Gasteiger partial charge in [0.25, 0.3) is 0 Å². The minimum absolute atomic E-state index is 0.00701. The lowest BCUT2D eigenvalue weighted by molar-refractivity contribution is 0.0994. The van der Waals surface area contributed by atoms with Gasteiger partial charge in [-0.2, -0.15) is 9.65 Å². The van der Waals surface area contributed by atoms with Crippen LogP contribution >= 0.6 is 11.6 Å². The number of aliphatic imine (C=N–C) groups is 1. The number of nitrogens with zero attached hydrogens (tertiary/aromatic N) is 4. The first kappa shape index (κ1) is 19.6. The Kier molecular flexibility index (Phi) is 5.17. The summed E-state index contributed by atoms with van der Waals surface area (Å²) in [6.45, 7) is 0.321. The second kappa shape index (κ2) is 7.93. The summed E-state index contributed by atoms with van der Waals surface area (Å²) < 4.78 is 13.6. The molecule has 1 aliphatic heterocycles. The number of anilines is 1. The Labute approximate surface area is 176 Å². The van der Waals surface area contributed by atoms with Gasteiger partial charge in [0, 0.05) is 5.56 Å². The van der Waals surface area contributed by atoms with Crippen LogP contribution in [0.3, 0.4) is 0 Å². The Morgan fingerprint density at radius 3 is 2.80 bits per heavy atom. The average Bonchev–Trinajstić information content (AvgIpc) is 2.74. The van der Waals surface area contributed by atoms with Crippen molar-refractivity contribution >= 4 is 34.6 Å². The van der Waals surface area contributed by atoms with Crippen molar-refractivity contribution in [2.75, 3.05) is 4.90 Å². The first-order valence-electron chi connectivity index (χ1n) is 8.97. The van der Waals surface area contributed by atoms with Crippen LogP contribution in [-0.4, -0.2) is 21.7 Å². The molecule has 148 valence electrons. The monoisotopic (exact) mass is 420 g/mol. The van der Waals surface area contributed by atoms with Gasteiger partial charge >= 0.3 is 0 Å². The molecule has 0 saturated heterocycles. The van der Waals surface area contributed by atoms with Crippen LogP contribution in [0, 0.1) is 17.3 Å². The lowest BCUT2D eigenvalue weighted by Crippen LogP contribution is -2.34. The Balaban J connectivity index is 1.77. The minimum Gasteiger partial charge on any atom is -0.508 e. The SMILES string of the molecule is N#Cc1ccc(F)nc1C(=O)CC1=Nc2ccc(O)cc2CN1c1ccccc1Cl. The van der Waals surface area contributed by atoms with Crippen LogP contribution in [0.5, 0.6) is 5.75 Å². The van der Waals surface area contributed by atoms with E-state index in [1.165, 1.54) is 12.1 Å². The highest BCUT2D eigenvalue weighted by Gasteiger charge is 2.26. The molecule has 0 atom stereocenters. The number of amidine groups is 1. The lowest BCUT2D eigenvalue weighted by Gasteiger charge is -2.31. The number of pyridine rings is 1. The van der Waals surface area contributed by atoms with Crippen molar-refractivity contribution < 1.29 is 14.3 Å². The Morgan fingerprint density at radius 2 is 2.03 bits per heavy atom. The maximum Gasteiger partial charge on any atom is 0.213 e. The normalized spacial score (nSPS) is 12.7. The summed E-state index contributed by atoms with van der Waals surface area (Å²) in [6, 6.07) is 16.0. The van der Waals surface area contributed by atoms with E-state index in [2.05, 4.69) is 9.98 Å². The first-order valence-corrected chi connectivity index (χ1v) is 9.35. The second-order valence-electron chi connectivity index (χ2n) is 6.62. The molecule has 0 unspecified atom stereocenters. The molecule has 0 spiro atoms. The fourth-order valence-corrected chi connectivity index (χ4v) is 3.50. The van der Waals surface area contributed by atoms with E-state index in [0.717, 1.165) is 11.6 Å². The molecule has 0 fully saturated rings. The number of aromatic nitrogens is 1. The average molecular weight is 421 g/mol. The molecule has 0 amide bonds. The fourth-order valence-electron chi connectivity index (χ4n) is 3.26. The topological polar surface area (TPSA) is 89.6 Å². The van der Waals surface area contributed by atoms with Crippen LogP contribution in [0.2, 0.25) is 5.02 Å². The molecule has 1 aromatic heterocycles. The molecule has 6 nitrogen and oxygen atoms in total. The number of aromatic hydroxyl groups is 1. The molecular weight excluding hydrogens is 407 g/mol. The standard InChI is InChI=1S/C22H14ClFN4O2/c23-16-3-1-2-4-18(16)28-12-14-9-15(29)6-7-17(14)26-21(28)10-19(30)22-13(11-25)5-8-20(24)27-22/h1-9,29H,10,12H2. The summed E-state index contributed by atoms with van der Waals surface area (Å²) in [6.07, 6.45) is -0.212. The molecule has 2 heterocycles. The third-order valence-corrected chi connectivity index (χ3v) is 4.98. The van der Waals surface area contributed by atoms with Gasteiger partial charge in [-0.05, 0) is 42.5 Å². The van der Waals surface area contributed by atoms with Crippen LogP contribution in [0.15, 0.2) is 59.6 Å². The molecule has 3 aromatic rings. The van der Waals surface area contributed by atoms with E-state index in [-0.39, 0.29) is 23.4 Å². The molecule has 8 heteroatoms. The number of ketones is 1. The molecule has 1 aliphatic rings. The molecule has 4 rings (SSSR count). The van der Waals surface area contributed by atoms with Gasteiger partial charge in [0.05, 0.1) is 34.9 Å². The van der Waals surface area contributed by atoms with E-state index in [0.29, 0.717) is 28.8 Å². The van der Waals surface area contributed by atoms with Crippen LogP contribution < -0.4 is 4.90 Å². The van der Waals surface area contributed by atoms with Gasteiger partial charge in [-0.3, -0.25) is 4.79 Å². The van der Waals surface area contributed by atoms with Crippen molar-refractivity contribution in [1.29, 1.82) is 5.26 Å². The minimum atomic E-state index is -0.841. The molecule has 0 radical (unpaired) electrons. The summed E-state index contributed by atoms with van der Waals surface area (Å²) in [7, 11) is 0. The van der Waals surface area contributed by atoms with Crippen molar-refractivity contribution in [3.63, 3.8) is 0 Å². The van der Waals surface area contributed by atoms with Crippen LogP contribution in [0.1, 0.15) is 28.0 Å². The number of Topliss-reactive ketones (excluding diaryl/α,β-unsaturated/α-hetero) is 1. The van der Waals surface area contributed by atoms with E-state index in [1.807, 2.05) is 6.07 Å². The van der Waals surface area contributed by atoms with E-state index in [1.54, 1.807) is 41.3 Å². The smallest absolute Gasteiger partial charge is 0.213 e. The van der Waals surface area contributed by atoms with Gasteiger partial charge in [-0.25, -0.2) is 9.98 Å². The number of nitriles is 1. The Bertz CT molecular complexity index is 1240. The third kappa shape index (κ3) is 3.73. The van der Waals surface area contributed by atoms with Gasteiger partial charge in [0.1, 0.15) is 23.3 Å². The number of hydrogen-bond donors (Lipinski definition) is 1. The summed E-state index contributed by atoms with van der Waals surface area (Å²) in [5.74, 6) is -0.901. The fraction of sp³-hybridized carbons (Fsp3) is 0.0909. The maximum atomic E-state index is 13.6. The zero-order valence-corrected chi connectivity index (χ0v) is 16.3. The quantitative estimate of drug-likeness (QED) is 0.485. The highest BCUT2D eigenvalue weighted by Crippen LogP contribution is 2.35. The number of carbonyl (C=O) groups is 1. The highest BCUT2D eigenvalue weighted by molar-refractivity contribution is 6.34. The number of para-hydroxylation sites is 1. The highest BCUT2D eigenvalue weighted by atomic mass is 35.5. The molecule has 0 bridgehead atoms. The van der Waals surface area contributed by atoms with Crippen molar-refractivity contribution in [3.05, 3.63) is 82.4 Å². The zero-order chi connectivity index (χ0) is 21.3. The predicted octanol–water partition coefficient (Wildman–Crippen LogP) is 4.77. The van der Waals surface area contributed by atoms with E-state index in [4.69, 9.17) is 11.6 Å². The van der Waals surface area contributed by atoms with Gasteiger partial charge in [-0.15, -0.1) is 0 Å². The van der Waals surface area contributed by atoms with Crippen LogP contribution in [-0.2, 0) is 6.54 Å². The summed E-state index contributed by atoms with van der Waals surface area (Å²) in [4.78, 5) is 22.9. The molecule has 0 aliphatic carbocycles.